The third-order valence-corrected chi connectivity index (χ3v) is 6.84. The number of thiazole rings is 1. The summed E-state index contributed by atoms with van der Waals surface area (Å²) >= 11 is 3.27. The van der Waals surface area contributed by atoms with Gasteiger partial charge in [-0.15, -0.1) is 11.8 Å². The first-order valence-corrected chi connectivity index (χ1v) is 11.7. The molecule has 29 heavy (non-hydrogen) atoms. The van der Waals surface area contributed by atoms with Crippen LogP contribution >= 0.6 is 23.1 Å². The maximum Gasteiger partial charge on any atom is 0.263 e. The van der Waals surface area contributed by atoms with Crippen molar-refractivity contribution < 1.29 is 13.9 Å². The van der Waals surface area contributed by atoms with Crippen LogP contribution in [0.1, 0.15) is 21.9 Å². The number of carbonyl (C=O) groups excluding carboxylic acids is 1. The first-order valence-electron chi connectivity index (χ1n) is 9.69. The Morgan fingerprint density at radius 2 is 2.07 bits per heavy atom. The van der Waals surface area contributed by atoms with E-state index in [1.54, 1.807) is 28.0 Å². The molecule has 2 aromatic heterocycles. The highest BCUT2D eigenvalue weighted by Crippen LogP contribution is 2.32. The molecule has 154 valence electrons. The van der Waals surface area contributed by atoms with Crippen LogP contribution < -0.4 is 4.90 Å². The minimum absolute atomic E-state index is 0.0586. The molecule has 0 spiro atoms. The first kappa shape index (κ1) is 20.4. The Labute approximate surface area is 178 Å². The number of hydrogen-bond acceptors (Lipinski definition) is 7. The summed E-state index contributed by atoms with van der Waals surface area (Å²) in [6.07, 6.45) is 2.06. The SMILES string of the molecule is CSc1ccc2nc(N(CCN3CCOCC3)C(=O)c3cc(C)oc3C)sc2c1. The molecule has 3 aromatic rings. The minimum atomic E-state index is -0.0586. The number of fused-ring (bicyclic) bond motifs is 1. The summed E-state index contributed by atoms with van der Waals surface area (Å²) in [4.78, 5) is 23.5. The number of carbonyl (C=O) groups is 1. The first-order chi connectivity index (χ1) is 14.0. The van der Waals surface area contributed by atoms with Gasteiger partial charge in [0.1, 0.15) is 11.5 Å². The van der Waals surface area contributed by atoms with Gasteiger partial charge in [0.15, 0.2) is 5.13 Å². The third-order valence-electron chi connectivity index (χ3n) is 5.08. The van der Waals surface area contributed by atoms with Crippen LogP contribution in [0, 0.1) is 13.8 Å². The van der Waals surface area contributed by atoms with E-state index < -0.39 is 0 Å². The zero-order chi connectivity index (χ0) is 20.4. The summed E-state index contributed by atoms with van der Waals surface area (Å²) in [6, 6.07) is 8.05. The average molecular weight is 432 g/mol. The predicted molar refractivity (Wildman–Crippen MR) is 119 cm³/mol. The lowest BCUT2D eigenvalue weighted by Gasteiger charge is -2.29. The van der Waals surface area contributed by atoms with Crippen molar-refractivity contribution in [3.05, 3.63) is 41.3 Å². The number of furan rings is 1. The largest absolute Gasteiger partial charge is 0.466 e. The highest BCUT2D eigenvalue weighted by Gasteiger charge is 2.25. The van der Waals surface area contributed by atoms with Crippen LogP contribution in [0.15, 0.2) is 33.6 Å². The van der Waals surface area contributed by atoms with E-state index in [2.05, 4.69) is 23.3 Å². The molecule has 1 aromatic carbocycles. The topological polar surface area (TPSA) is 58.8 Å². The molecule has 4 rings (SSSR count). The monoisotopic (exact) mass is 431 g/mol. The number of amides is 1. The molecule has 3 heterocycles. The fourth-order valence-corrected chi connectivity index (χ4v) is 5.02. The van der Waals surface area contributed by atoms with E-state index in [0.717, 1.165) is 54.0 Å². The normalized spacial score (nSPS) is 15.1. The molecule has 0 N–H and O–H groups in total. The molecule has 8 heteroatoms. The summed E-state index contributed by atoms with van der Waals surface area (Å²) in [5, 5.41) is 0.731. The van der Waals surface area contributed by atoms with E-state index in [0.29, 0.717) is 17.9 Å². The van der Waals surface area contributed by atoms with Crippen molar-refractivity contribution in [2.24, 2.45) is 0 Å². The molecular formula is C21H25N3O3S2. The van der Waals surface area contributed by atoms with Crippen molar-refractivity contribution in [2.75, 3.05) is 50.5 Å². The highest BCUT2D eigenvalue weighted by molar-refractivity contribution is 7.98. The van der Waals surface area contributed by atoms with Gasteiger partial charge in [-0.1, -0.05) is 11.3 Å². The lowest BCUT2D eigenvalue weighted by molar-refractivity contribution is 0.0391. The number of morpholine rings is 1. The van der Waals surface area contributed by atoms with Gasteiger partial charge in [-0.05, 0) is 44.4 Å². The Balaban J connectivity index is 1.65. The fourth-order valence-electron chi connectivity index (χ4n) is 3.47. The number of ether oxygens (including phenoxy) is 1. The van der Waals surface area contributed by atoms with Crippen LogP contribution in [0.3, 0.4) is 0 Å². The van der Waals surface area contributed by atoms with Gasteiger partial charge >= 0.3 is 0 Å². The Kier molecular flexibility index (Phi) is 6.24. The number of aryl methyl sites for hydroxylation is 2. The summed E-state index contributed by atoms with van der Waals surface area (Å²) in [5.74, 6) is 1.33. The number of aromatic nitrogens is 1. The van der Waals surface area contributed by atoms with E-state index in [4.69, 9.17) is 14.1 Å². The van der Waals surface area contributed by atoms with Crippen molar-refractivity contribution >= 4 is 44.4 Å². The fraction of sp³-hybridized carbons (Fsp3) is 0.429. The second kappa shape index (κ2) is 8.87. The van der Waals surface area contributed by atoms with Crippen LogP contribution in [0.4, 0.5) is 5.13 Å². The summed E-state index contributed by atoms with van der Waals surface area (Å²) in [5.41, 5.74) is 1.53. The second-order valence-corrected chi connectivity index (χ2v) is 8.96. The Morgan fingerprint density at radius 3 is 2.76 bits per heavy atom. The Bertz CT molecular complexity index is 1010. The van der Waals surface area contributed by atoms with Crippen LogP contribution in [0.5, 0.6) is 0 Å². The highest BCUT2D eigenvalue weighted by atomic mass is 32.2. The zero-order valence-electron chi connectivity index (χ0n) is 16.9. The van der Waals surface area contributed by atoms with Crippen LogP contribution in [-0.4, -0.2) is 61.4 Å². The molecular weight excluding hydrogens is 406 g/mol. The van der Waals surface area contributed by atoms with Gasteiger partial charge in [0.25, 0.3) is 5.91 Å². The maximum absolute atomic E-state index is 13.4. The van der Waals surface area contributed by atoms with Crippen molar-refractivity contribution in [2.45, 2.75) is 18.7 Å². The van der Waals surface area contributed by atoms with E-state index in [1.807, 2.05) is 26.0 Å². The number of benzene rings is 1. The summed E-state index contributed by atoms with van der Waals surface area (Å²) in [6.45, 7) is 8.34. The lowest BCUT2D eigenvalue weighted by atomic mass is 10.2. The van der Waals surface area contributed by atoms with Gasteiger partial charge in [-0.25, -0.2) is 4.98 Å². The standard InChI is InChI=1S/C21H25N3O3S2/c1-14-12-17(15(2)27-14)20(25)24(7-6-23-8-10-26-11-9-23)21-22-18-5-4-16(28-3)13-19(18)29-21/h4-5,12-13H,6-11H2,1-3H3. The number of anilines is 1. The van der Waals surface area contributed by atoms with Gasteiger partial charge in [0.2, 0.25) is 0 Å². The smallest absolute Gasteiger partial charge is 0.263 e. The van der Waals surface area contributed by atoms with E-state index in [-0.39, 0.29) is 5.91 Å². The molecule has 0 radical (unpaired) electrons. The van der Waals surface area contributed by atoms with Crippen LogP contribution in [-0.2, 0) is 4.74 Å². The molecule has 1 fully saturated rings. The van der Waals surface area contributed by atoms with Crippen LogP contribution in [0.25, 0.3) is 10.2 Å². The average Bonchev–Trinajstić information content (AvgIpc) is 3.30. The van der Waals surface area contributed by atoms with Gasteiger partial charge < -0.3 is 9.15 Å². The summed E-state index contributed by atoms with van der Waals surface area (Å²) < 4.78 is 12.1. The molecule has 6 nitrogen and oxygen atoms in total. The maximum atomic E-state index is 13.4. The number of rotatable bonds is 6. The van der Waals surface area contributed by atoms with E-state index >= 15 is 0 Å². The Morgan fingerprint density at radius 1 is 1.28 bits per heavy atom. The molecule has 0 saturated carbocycles. The molecule has 1 aliphatic rings. The molecule has 1 aliphatic heterocycles. The van der Waals surface area contributed by atoms with Gasteiger partial charge in [0.05, 0.1) is 29.0 Å². The predicted octanol–water partition coefficient (Wildman–Crippen LogP) is 4.21. The molecule has 0 bridgehead atoms. The van der Waals surface area contributed by atoms with Crippen LogP contribution in [0.2, 0.25) is 0 Å². The number of hydrogen-bond donors (Lipinski definition) is 0. The van der Waals surface area contributed by atoms with Gasteiger partial charge in [0, 0.05) is 31.1 Å². The van der Waals surface area contributed by atoms with E-state index in [9.17, 15) is 4.79 Å². The third kappa shape index (κ3) is 4.50. The quantitative estimate of drug-likeness (QED) is 0.545. The lowest BCUT2D eigenvalue weighted by Crippen LogP contribution is -2.43. The van der Waals surface area contributed by atoms with Crippen molar-refractivity contribution in [3.8, 4) is 0 Å². The summed E-state index contributed by atoms with van der Waals surface area (Å²) in [7, 11) is 0. The van der Waals surface area contributed by atoms with Crippen molar-refractivity contribution in [1.82, 2.24) is 9.88 Å². The molecule has 1 saturated heterocycles. The molecule has 0 atom stereocenters. The number of nitrogens with zero attached hydrogens (tertiary/aromatic N) is 3. The van der Waals surface area contributed by atoms with Crippen molar-refractivity contribution in [3.63, 3.8) is 0 Å². The van der Waals surface area contributed by atoms with E-state index in [1.165, 1.54) is 4.90 Å². The zero-order valence-corrected chi connectivity index (χ0v) is 18.6. The number of thioether (sulfide) groups is 1. The van der Waals surface area contributed by atoms with Gasteiger partial charge in [-0.2, -0.15) is 0 Å². The molecule has 0 unspecified atom stereocenters. The molecule has 1 amide bonds. The second-order valence-electron chi connectivity index (χ2n) is 7.07. The Hall–Kier alpha value is -1.87. The molecule has 0 aliphatic carbocycles. The van der Waals surface area contributed by atoms with Crippen molar-refractivity contribution in [1.29, 1.82) is 0 Å². The minimum Gasteiger partial charge on any atom is -0.466 e. The van der Waals surface area contributed by atoms with Gasteiger partial charge in [-0.3, -0.25) is 14.6 Å².